The van der Waals surface area contributed by atoms with E-state index < -0.39 is 0 Å². The maximum absolute atomic E-state index is 13.0. The average molecular weight is 245 g/mol. The first-order valence-corrected chi connectivity index (χ1v) is 5.82. The molecule has 0 bridgehead atoms. The number of halogens is 1. The molecule has 0 fully saturated rings. The lowest BCUT2D eigenvalue weighted by atomic mass is 10.1. The molecule has 0 aliphatic heterocycles. The molecule has 0 unspecified atom stereocenters. The molecule has 2 nitrogen and oxygen atoms in total. The van der Waals surface area contributed by atoms with Crippen molar-refractivity contribution in [1.29, 1.82) is 0 Å². The lowest BCUT2D eigenvalue weighted by Gasteiger charge is -2.11. The van der Waals surface area contributed by atoms with Gasteiger partial charge in [-0.2, -0.15) is 0 Å². The average Bonchev–Trinajstić information content (AvgIpc) is 2.39. The molecule has 0 saturated heterocycles. The molecule has 0 spiro atoms. The Morgan fingerprint density at radius 1 is 1.11 bits per heavy atom. The molecule has 0 aliphatic carbocycles. The third kappa shape index (κ3) is 3.00. The summed E-state index contributed by atoms with van der Waals surface area (Å²) in [6.07, 6.45) is 0. The van der Waals surface area contributed by atoms with Crippen LogP contribution in [0.3, 0.4) is 0 Å². The van der Waals surface area contributed by atoms with E-state index in [1.54, 1.807) is 6.07 Å². The third-order valence-corrected chi connectivity index (χ3v) is 2.77. The van der Waals surface area contributed by atoms with Gasteiger partial charge in [0.15, 0.2) is 0 Å². The van der Waals surface area contributed by atoms with Gasteiger partial charge in [0.2, 0.25) is 0 Å². The van der Waals surface area contributed by atoms with Crippen LogP contribution in [-0.4, -0.2) is 7.11 Å². The van der Waals surface area contributed by atoms with Crippen molar-refractivity contribution in [3.63, 3.8) is 0 Å². The van der Waals surface area contributed by atoms with Gasteiger partial charge in [0.1, 0.15) is 11.6 Å². The minimum atomic E-state index is -0.298. The Hall–Kier alpha value is -2.03. The molecule has 2 rings (SSSR count). The van der Waals surface area contributed by atoms with Crippen molar-refractivity contribution >= 4 is 5.69 Å². The van der Waals surface area contributed by atoms with E-state index in [-0.39, 0.29) is 5.82 Å². The zero-order valence-electron chi connectivity index (χ0n) is 10.5. The molecular weight excluding hydrogens is 229 g/mol. The Labute approximate surface area is 106 Å². The van der Waals surface area contributed by atoms with Gasteiger partial charge in [-0.3, -0.25) is 0 Å². The summed E-state index contributed by atoms with van der Waals surface area (Å²) in [6.45, 7) is 2.74. The highest BCUT2D eigenvalue weighted by Crippen LogP contribution is 2.25. The number of rotatable bonds is 4. The lowest BCUT2D eigenvalue weighted by Crippen LogP contribution is -2.01. The topological polar surface area (TPSA) is 21.3 Å². The van der Waals surface area contributed by atoms with E-state index in [1.807, 2.05) is 0 Å². The van der Waals surface area contributed by atoms with Gasteiger partial charge in [0, 0.05) is 12.6 Å². The highest BCUT2D eigenvalue weighted by atomic mass is 19.1. The minimum absolute atomic E-state index is 0.298. The smallest absolute Gasteiger partial charge is 0.144 e. The normalized spacial score (nSPS) is 10.2. The van der Waals surface area contributed by atoms with Crippen molar-refractivity contribution in [2.75, 3.05) is 12.4 Å². The highest BCUT2D eigenvalue weighted by molar-refractivity contribution is 5.56. The van der Waals surface area contributed by atoms with Crippen LogP contribution in [-0.2, 0) is 6.54 Å². The summed E-state index contributed by atoms with van der Waals surface area (Å²) in [4.78, 5) is 0. The van der Waals surface area contributed by atoms with Crippen LogP contribution < -0.4 is 10.1 Å². The Morgan fingerprint density at radius 2 is 1.83 bits per heavy atom. The Morgan fingerprint density at radius 3 is 2.50 bits per heavy atom. The number of methoxy groups -OCH3 is 1. The van der Waals surface area contributed by atoms with Crippen molar-refractivity contribution in [2.24, 2.45) is 0 Å². The Kier molecular flexibility index (Phi) is 3.82. The van der Waals surface area contributed by atoms with E-state index in [0.717, 1.165) is 5.69 Å². The molecule has 2 aromatic carbocycles. The van der Waals surface area contributed by atoms with Gasteiger partial charge in [0.05, 0.1) is 12.8 Å². The van der Waals surface area contributed by atoms with Crippen molar-refractivity contribution in [3.05, 3.63) is 59.4 Å². The van der Waals surface area contributed by atoms with Crippen LogP contribution in [0.15, 0.2) is 42.5 Å². The predicted octanol–water partition coefficient (Wildman–Crippen LogP) is 3.75. The van der Waals surface area contributed by atoms with E-state index in [9.17, 15) is 4.39 Å². The van der Waals surface area contributed by atoms with Crippen LogP contribution in [0.5, 0.6) is 5.75 Å². The summed E-state index contributed by atoms with van der Waals surface area (Å²) in [5.41, 5.74) is 3.20. The van der Waals surface area contributed by atoms with E-state index in [0.29, 0.717) is 12.3 Å². The summed E-state index contributed by atoms with van der Waals surface area (Å²) in [6, 6.07) is 12.7. The molecule has 94 valence electrons. The molecule has 0 saturated carbocycles. The summed E-state index contributed by atoms with van der Waals surface area (Å²) in [5.74, 6) is 0.217. The summed E-state index contributed by atoms with van der Waals surface area (Å²) in [7, 11) is 1.53. The summed E-state index contributed by atoms with van der Waals surface area (Å²) >= 11 is 0. The largest absolute Gasteiger partial charge is 0.494 e. The number of anilines is 1. The van der Waals surface area contributed by atoms with Crippen LogP contribution in [0.1, 0.15) is 11.1 Å². The Bertz CT molecular complexity index is 523. The van der Waals surface area contributed by atoms with Crippen LogP contribution >= 0.6 is 0 Å². The molecule has 1 N–H and O–H groups in total. The molecule has 0 heterocycles. The molecule has 0 aliphatic rings. The molecule has 18 heavy (non-hydrogen) atoms. The highest BCUT2D eigenvalue weighted by Gasteiger charge is 2.03. The fourth-order valence-electron chi connectivity index (χ4n) is 1.71. The van der Waals surface area contributed by atoms with Gasteiger partial charge in [-0.05, 0) is 24.6 Å². The number of hydrogen-bond donors (Lipinski definition) is 1. The maximum atomic E-state index is 13.0. The molecule has 0 radical (unpaired) electrons. The van der Waals surface area contributed by atoms with E-state index in [4.69, 9.17) is 4.74 Å². The summed E-state index contributed by atoms with van der Waals surface area (Å²) < 4.78 is 18.2. The van der Waals surface area contributed by atoms with E-state index in [1.165, 1.54) is 30.4 Å². The van der Waals surface area contributed by atoms with Gasteiger partial charge in [-0.1, -0.05) is 29.8 Å². The van der Waals surface area contributed by atoms with Crippen molar-refractivity contribution < 1.29 is 9.13 Å². The van der Waals surface area contributed by atoms with Gasteiger partial charge in [-0.25, -0.2) is 4.39 Å². The number of ether oxygens (including phenoxy) is 1. The quantitative estimate of drug-likeness (QED) is 0.885. The summed E-state index contributed by atoms with van der Waals surface area (Å²) in [5, 5.41) is 3.24. The van der Waals surface area contributed by atoms with Gasteiger partial charge in [-0.15, -0.1) is 0 Å². The van der Waals surface area contributed by atoms with Crippen molar-refractivity contribution in [2.45, 2.75) is 13.5 Å². The number of nitrogens with one attached hydrogen (secondary N) is 1. The number of hydrogen-bond acceptors (Lipinski definition) is 2. The van der Waals surface area contributed by atoms with Crippen molar-refractivity contribution in [3.8, 4) is 5.75 Å². The minimum Gasteiger partial charge on any atom is -0.494 e. The van der Waals surface area contributed by atoms with E-state index >= 15 is 0 Å². The second-order valence-corrected chi connectivity index (χ2v) is 4.18. The van der Waals surface area contributed by atoms with Crippen molar-refractivity contribution in [1.82, 2.24) is 0 Å². The van der Waals surface area contributed by atoms with Gasteiger partial charge < -0.3 is 10.1 Å². The number of aryl methyl sites for hydroxylation is 1. The Balaban J connectivity index is 2.08. The monoisotopic (exact) mass is 245 g/mol. The molecule has 3 heteroatoms. The molecule has 0 aromatic heterocycles. The van der Waals surface area contributed by atoms with Crippen LogP contribution in [0.4, 0.5) is 10.1 Å². The predicted molar refractivity (Wildman–Crippen MR) is 71.5 cm³/mol. The van der Waals surface area contributed by atoms with Gasteiger partial charge in [0.25, 0.3) is 0 Å². The number of benzene rings is 2. The van der Waals surface area contributed by atoms with Crippen LogP contribution in [0.2, 0.25) is 0 Å². The lowest BCUT2D eigenvalue weighted by molar-refractivity contribution is 0.413. The molecule has 0 amide bonds. The maximum Gasteiger partial charge on any atom is 0.144 e. The first-order valence-electron chi connectivity index (χ1n) is 5.82. The second kappa shape index (κ2) is 5.54. The van der Waals surface area contributed by atoms with Gasteiger partial charge >= 0.3 is 0 Å². The zero-order valence-corrected chi connectivity index (χ0v) is 10.5. The molecule has 2 aromatic rings. The van der Waals surface area contributed by atoms with E-state index in [2.05, 4.69) is 36.5 Å². The second-order valence-electron chi connectivity index (χ2n) is 4.18. The molecular formula is C15H16FNO. The zero-order chi connectivity index (χ0) is 13.0. The molecule has 0 atom stereocenters. The van der Waals surface area contributed by atoms with Crippen LogP contribution in [0.25, 0.3) is 0 Å². The first kappa shape index (κ1) is 12.4. The fourth-order valence-corrected chi connectivity index (χ4v) is 1.71. The standard InChI is InChI=1S/C15H16FNO/c1-11-3-5-12(6-4-11)10-17-14-8-7-13(16)9-15(14)18-2/h3-9,17H,10H2,1-2H3. The van der Waals surface area contributed by atoms with Crippen LogP contribution in [0, 0.1) is 12.7 Å². The fraction of sp³-hybridized carbons (Fsp3) is 0.200. The first-order chi connectivity index (χ1) is 8.69. The SMILES string of the molecule is COc1cc(F)ccc1NCc1ccc(C)cc1. The third-order valence-electron chi connectivity index (χ3n) is 2.77.